The molecular formula is C20H21IN4O. The van der Waals surface area contributed by atoms with Crippen LogP contribution < -0.4 is 15.5 Å². The average molecular weight is 460 g/mol. The maximum atomic E-state index is 12.2. The summed E-state index contributed by atoms with van der Waals surface area (Å²) >= 11 is 0. The summed E-state index contributed by atoms with van der Waals surface area (Å²) in [6, 6.07) is 15.5. The molecule has 1 amide bonds. The van der Waals surface area contributed by atoms with Gasteiger partial charge in [-0.2, -0.15) is 0 Å². The summed E-state index contributed by atoms with van der Waals surface area (Å²) < 4.78 is 0. The zero-order chi connectivity index (χ0) is 17.6. The van der Waals surface area contributed by atoms with Crippen molar-refractivity contribution in [3.05, 3.63) is 59.7 Å². The summed E-state index contributed by atoms with van der Waals surface area (Å²) in [4.78, 5) is 18.6. The van der Waals surface area contributed by atoms with E-state index in [1.807, 2.05) is 30.3 Å². The number of nitrogens with zero attached hydrogens (tertiary/aromatic N) is 2. The van der Waals surface area contributed by atoms with E-state index < -0.39 is 0 Å². The lowest BCUT2D eigenvalue weighted by atomic mass is 10.2. The minimum Gasteiger partial charge on any atom is -0.347 e. The molecular weight excluding hydrogens is 439 g/mol. The number of terminal acetylenes is 1. The number of hydrogen-bond acceptors (Lipinski definition) is 2. The van der Waals surface area contributed by atoms with Crippen LogP contribution in [0.3, 0.4) is 0 Å². The molecule has 0 atom stereocenters. The molecule has 26 heavy (non-hydrogen) atoms. The quantitative estimate of drug-likeness (QED) is 0.321. The number of carbonyl (C=O) groups is 1. The van der Waals surface area contributed by atoms with E-state index in [2.05, 4.69) is 38.6 Å². The van der Waals surface area contributed by atoms with Crippen molar-refractivity contribution in [3.8, 4) is 12.3 Å². The lowest BCUT2D eigenvalue weighted by Crippen LogP contribution is -2.43. The van der Waals surface area contributed by atoms with Crippen molar-refractivity contribution in [1.29, 1.82) is 0 Å². The molecule has 0 radical (unpaired) electrons. The van der Waals surface area contributed by atoms with E-state index in [9.17, 15) is 4.79 Å². The first kappa shape index (κ1) is 19.8. The number of amides is 1. The van der Waals surface area contributed by atoms with Gasteiger partial charge in [-0.25, -0.2) is 0 Å². The molecule has 6 heteroatoms. The number of benzene rings is 2. The maximum absolute atomic E-state index is 12.2. The van der Waals surface area contributed by atoms with Crippen molar-refractivity contribution in [3.63, 3.8) is 0 Å². The SMILES string of the molecule is C#Cc1cccc(NC(=O)CNC(=NC)N2CCc3ccccc32)c1.I. The van der Waals surface area contributed by atoms with E-state index in [4.69, 9.17) is 6.42 Å². The lowest BCUT2D eigenvalue weighted by Gasteiger charge is -2.22. The molecule has 2 N–H and O–H groups in total. The van der Waals surface area contributed by atoms with Crippen LogP contribution in [-0.2, 0) is 11.2 Å². The van der Waals surface area contributed by atoms with Gasteiger partial charge in [-0.1, -0.05) is 30.2 Å². The van der Waals surface area contributed by atoms with Gasteiger partial charge in [0.1, 0.15) is 0 Å². The van der Waals surface area contributed by atoms with Crippen LogP contribution in [0.15, 0.2) is 53.5 Å². The number of hydrogen-bond donors (Lipinski definition) is 2. The Hall–Kier alpha value is -2.53. The number of guanidine groups is 1. The van der Waals surface area contributed by atoms with E-state index in [0.29, 0.717) is 11.6 Å². The highest BCUT2D eigenvalue weighted by atomic mass is 127. The number of carbonyl (C=O) groups excluding carboxylic acids is 1. The molecule has 1 aliphatic heterocycles. The largest absolute Gasteiger partial charge is 0.347 e. The molecule has 2 aromatic rings. The molecule has 2 aromatic carbocycles. The molecule has 3 rings (SSSR count). The monoisotopic (exact) mass is 460 g/mol. The molecule has 0 aliphatic carbocycles. The van der Waals surface area contributed by atoms with Crippen LogP contribution in [0, 0.1) is 12.3 Å². The van der Waals surface area contributed by atoms with E-state index in [1.165, 1.54) is 5.56 Å². The second-order valence-electron chi connectivity index (χ2n) is 5.70. The first-order chi connectivity index (χ1) is 12.2. The fraction of sp³-hybridized carbons (Fsp3) is 0.200. The Morgan fingerprint density at radius 2 is 2.08 bits per heavy atom. The minimum absolute atomic E-state index is 0. The predicted octanol–water partition coefficient (Wildman–Crippen LogP) is 2.86. The van der Waals surface area contributed by atoms with Crippen molar-refractivity contribution in [2.75, 3.05) is 30.4 Å². The van der Waals surface area contributed by atoms with Crippen LogP contribution in [0.4, 0.5) is 11.4 Å². The Balaban J connectivity index is 0.00000243. The minimum atomic E-state index is -0.150. The summed E-state index contributed by atoms with van der Waals surface area (Å²) in [6.45, 7) is 0.983. The van der Waals surface area contributed by atoms with Crippen molar-refractivity contribution in [2.24, 2.45) is 4.99 Å². The van der Waals surface area contributed by atoms with Crippen LogP contribution in [-0.4, -0.2) is 32.0 Å². The molecule has 0 spiro atoms. The van der Waals surface area contributed by atoms with Crippen molar-refractivity contribution in [2.45, 2.75) is 6.42 Å². The Bertz CT molecular complexity index is 857. The number of nitrogens with one attached hydrogen (secondary N) is 2. The summed E-state index contributed by atoms with van der Waals surface area (Å²) in [6.07, 6.45) is 6.35. The van der Waals surface area contributed by atoms with Crippen molar-refractivity contribution in [1.82, 2.24) is 5.32 Å². The van der Waals surface area contributed by atoms with Gasteiger partial charge in [0, 0.05) is 30.5 Å². The smallest absolute Gasteiger partial charge is 0.243 e. The van der Waals surface area contributed by atoms with Gasteiger partial charge in [0.05, 0.1) is 6.54 Å². The third-order valence-electron chi connectivity index (χ3n) is 4.07. The van der Waals surface area contributed by atoms with Crippen LogP contribution >= 0.6 is 24.0 Å². The number of para-hydroxylation sites is 1. The van der Waals surface area contributed by atoms with Crippen LogP contribution in [0.2, 0.25) is 0 Å². The topological polar surface area (TPSA) is 56.7 Å². The average Bonchev–Trinajstić information content (AvgIpc) is 3.06. The number of halogens is 1. The maximum Gasteiger partial charge on any atom is 0.243 e. The van der Waals surface area contributed by atoms with Crippen LogP contribution in [0.1, 0.15) is 11.1 Å². The Kier molecular flexibility index (Phi) is 7.04. The standard InChI is InChI=1S/C20H20N4O.HI/c1-3-15-7-6-9-17(13-15)23-19(25)14-22-20(21-2)24-12-11-16-8-4-5-10-18(16)24;/h1,4-10,13H,11-12,14H2,2H3,(H,21,22)(H,23,25);1H. The van der Waals surface area contributed by atoms with Gasteiger partial charge in [0.25, 0.3) is 0 Å². The summed E-state index contributed by atoms with van der Waals surface area (Å²) in [5.74, 6) is 3.10. The Morgan fingerprint density at radius 1 is 1.27 bits per heavy atom. The first-order valence-corrected chi connectivity index (χ1v) is 8.14. The summed E-state index contributed by atoms with van der Waals surface area (Å²) in [5.41, 5.74) is 3.85. The molecule has 0 saturated heterocycles. The molecule has 0 unspecified atom stereocenters. The van der Waals surface area contributed by atoms with Gasteiger partial charge in [-0.05, 0) is 36.2 Å². The van der Waals surface area contributed by atoms with E-state index >= 15 is 0 Å². The van der Waals surface area contributed by atoms with Gasteiger partial charge in [0.15, 0.2) is 5.96 Å². The van der Waals surface area contributed by atoms with Crippen molar-refractivity contribution >= 4 is 47.2 Å². The number of fused-ring (bicyclic) bond motifs is 1. The predicted molar refractivity (Wildman–Crippen MR) is 117 cm³/mol. The Morgan fingerprint density at radius 3 is 2.85 bits per heavy atom. The third-order valence-corrected chi connectivity index (χ3v) is 4.07. The zero-order valence-corrected chi connectivity index (χ0v) is 16.9. The fourth-order valence-corrected chi connectivity index (χ4v) is 2.90. The highest BCUT2D eigenvalue weighted by molar-refractivity contribution is 14.0. The highest BCUT2D eigenvalue weighted by Crippen LogP contribution is 2.27. The van der Waals surface area contributed by atoms with Crippen LogP contribution in [0.25, 0.3) is 0 Å². The van der Waals surface area contributed by atoms with Gasteiger partial charge in [-0.3, -0.25) is 9.79 Å². The summed E-state index contributed by atoms with van der Waals surface area (Å²) in [7, 11) is 1.72. The number of rotatable bonds is 3. The molecule has 0 bridgehead atoms. The molecule has 0 saturated carbocycles. The lowest BCUT2D eigenvalue weighted by molar-refractivity contribution is -0.115. The van der Waals surface area contributed by atoms with E-state index in [0.717, 1.165) is 24.2 Å². The molecule has 0 fully saturated rings. The fourth-order valence-electron chi connectivity index (χ4n) is 2.90. The van der Waals surface area contributed by atoms with Gasteiger partial charge in [0.2, 0.25) is 5.91 Å². The number of anilines is 2. The van der Waals surface area contributed by atoms with E-state index in [1.54, 1.807) is 13.1 Å². The molecule has 134 valence electrons. The molecule has 1 heterocycles. The zero-order valence-electron chi connectivity index (χ0n) is 14.5. The second kappa shape index (κ2) is 9.25. The summed E-state index contributed by atoms with van der Waals surface area (Å²) in [5, 5.41) is 5.96. The molecule has 5 nitrogen and oxygen atoms in total. The van der Waals surface area contributed by atoms with Gasteiger partial charge in [-0.15, -0.1) is 30.4 Å². The normalized spacial score (nSPS) is 12.6. The van der Waals surface area contributed by atoms with Crippen LogP contribution in [0.5, 0.6) is 0 Å². The van der Waals surface area contributed by atoms with E-state index in [-0.39, 0.29) is 36.4 Å². The van der Waals surface area contributed by atoms with Gasteiger partial charge >= 0.3 is 0 Å². The third kappa shape index (κ3) is 4.55. The molecule has 1 aliphatic rings. The first-order valence-electron chi connectivity index (χ1n) is 8.14. The molecule has 0 aromatic heterocycles. The highest BCUT2D eigenvalue weighted by Gasteiger charge is 2.22. The Labute approximate surface area is 170 Å². The number of aliphatic imine (C=N–C) groups is 1. The van der Waals surface area contributed by atoms with Gasteiger partial charge < -0.3 is 15.5 Å². The second-order valence-corrected chi connectivity index (χ2v) is 5.70. The van der Waals surface area contributed by atoms with Crippen molar-refractivity contribution < 1.29 is 4.79 Å².